The van der Waals surface area contributed by atoms with E-state index < -0.39 is 29.3 Å². The van der Waals surface area contributed by atoms with Gasteiger partial charge in [0.25, 0.3) is 0 Å². The summed E-state index contributed by atoms with van der Waals surface area (Å²) in [6.07, 6.45) is 1.13. The molecule has 1 heterocycles. The molecule has 1 saturated heterocycles. The number of hydrogen-bond donors (Lipinski definition) is 3. The SMILES string of the molecule is CC1C[NH2+]C(=C(C=N)c2ccc(F)cc2)CN1C(=O)Nc1cc(F)c(F)c(F)c1. The second-order valence-electron chi connectivity index (χ2n) is 6.69. The molecule has 0 aliphatic carbocycles. The summed E-state index contributed by atoms with van der Waals surface area (Å²) in [4.78, 5) is 14.1. The number of allylic oxidation sites excluding steroid dienone is 1. The molecule has 2 aromatic rings. The van der Waals surface area contributed by atoms with Crippen molar-refractivity contribution in [2.75, 3.05) is 18.4 Å². The summed E-state index contributed by atoms with van der Waals surface area (Å²) in [5.74, 6) is -4.81. The number of carbonyl (C=O) groups is 1. The number of piperazine rings is 1. The molecule has 0 saturated carbocycles. The quantitative estimate of drug-likeness (QED) is 0.408. The fourth-order valence-electron chi connectivity index (χ4n) is 3.12. The van der Waals surface area contributed by atoms with E-state index in [1.807, 2.05) is 5.32 Å². The largest absolute Gasteiger partial charge is 0.322 e. The molecule has 1 aliphatic heterocycles. The maximum absolute atomic E-state index is 13.4. The molecule has 1 aliphatic rings. The standard InChI is InChI=1S/C20H18F4N4O/c1-11-9-26-18(15(8-25)12-2-4-13(21)5-3-12)10-28(11)20(29)27-14-6-16(22)19(24)17(23)7-14/h2-8,11,25-26H,9-10H2,1H3,(H,27,29)/p+1. The summed E-state index contributed by atoms with van der Waals surface area (Å²) in [5.41, 5.74) is 1.65. The molecule has 4 N–H and O–H groups in total. The predicted molar refractivity (Wildman–Crippen MR) is 100 cm³/mol. The van der Waals surface area contributed by atoms with Crippen molar-refractivity contribution in [1.82, 2.24) is 4.90 Å². The van der Waals surface area contributed by atoms with Crippen LogP contribution < -0.4 is 10.6 Å². The lowest BCUT2D eigenvalue weighted by molar-refractivity contribution is -0.619. The molecule has 1 atom stereocenters. The Labute approximate surface area is 164 Å². The van der Waals surface area contributed by atoms with Gasteiger partial charge in [-0.25, -0.2) is 22.4 Å². The summed E-state index contributed by atoms with van der Waals surface area (Å²) in [6.45, 7) is 2.44. The Balaban J connectivity index is 1.84. The van der Waals surface area contributed by atoms with E-state index >= 15 is 0 Å². The van der Waals surface area contributed by atoms with E-state index in [-0.39, 0.29) is 18.3 Å². The molecule has 0 aromatic heterocycles. The van der Waals surface area contributed by atoms with Crippen LogP contribution in [0.1, 0.15) is 12.5 Å². The first-order valence-electron chi connectivity index (χ1n) is 8.85. The van der Waals surface area contributed by atoms with Crippen molar-refractivity contribution < 1.29 is 27.7 Å². The van der Waals surface area contributed by atoms with Gasteiger partial charge in [-0.3, -0.25) is 0 Å². The molecule has 1 unspecified atom stereocenters. The van der Waals surface area contributed by atoms with Crippen molar-refractivity contribution in [1.29, 1.82) is 5.41 Å². The highest BCUT2D eigenvalue weighted by atomic mass is 19.2. The van der Waals surface area contributed by atoms with Gasteiger partial charge >= 0.3 is 6.03 Å². The zero-order valence-electron chi connectivity index (χ0n) is 15.5. The number of nitrogens with zero attached hydrogens (tertiary/aromatic N) is 1. The van der Waals surface area contributed by atoms with Crippen LogP contribution >= 0.6 is 0 Å². The van der Waals surface area contributed by atoms with Crippen LogP contribution in [0.3, 0.4) is 0 Å². The number of hydrogen-bond acceptors (Lipinski definition) is 2. The van der Waals surface area contributed by atoms with Crippen LogP contribution in [0.5, 0.6) is 0 Å². The van der Waals surface area contributed by atoms with Crippen molar-refractivity contribution >= 4 is 23.5 Å². The Bertz CT molecular complexity index is 952. The minimum atomic E-state index is -1.61. The second kappa shape index (κ2) is 8.44. The number of halogens is 4. The zero-order valence-corrected chi connectivity index (χ0v) is 15.5. The summed E-state index contributed by atoms with van der Waals surface area (Å²) in [7, 11) is 0. The number of nitrogens with two attached hydrogens (primary N) is 1. The number of rotatable bonds is 3. The fourth-order valence-corrected chi connectivity index (χ4v) is 3.12. The lowest BCUT2D eigenvalue weighted by Crippen LogP contribution is -2.89. The molecular formula is C20H19F4N4O+. The fraction of sp³-hybridized carbons (Fsp3) is 0.200. The number of nitrogens with one attached hydrogen (secondary N) is 2. The monoisotopic (exact) mass is 407 g/mol. The topological polar surface area (TPSA) is 72.8 Å². The second-order valence-corrected chi connectivity index (χ2v) is 6.69. The van der Waals surface area contributed by atoms with E-state index in [1.165, 1.54) is 17.0 Å². The van der Waals surface area contributed by atoms with E-state index in [9.17, 15) is 22.4 Å². The Morgan fingerprint density at radius 2 is 1.79 bits per heavy atom. The molecule has 0 bridgehead atoms. The highest BCUT2D eigenvalue weighted by Crippen LogP contribution is 2.20. The van der Waals surface area contributed by atoms with Gasteiger partial charge in [-0.15, -0.1) is 0 Å². The van der Waals surface area contributed by atoms with Crippen LogP contribution in [0.4, 0.5) is 28.0 Å². The van der Waals surface area contributed by atoms with E-state index in [0.717, 1.165) is 6.21 Å². The first kappa shape index (κ1) is 20.5. The molecule has 0 radical (unpaired) electrons. The van der Waals surface area contributed by atoms with Crippen molar-refractivity contribution in [3.63, 3.8) is 0 Å². The smallest absolute Gasteiger partial charge is 0.314 e. The normalized spacial score (nSPS) is 18.4. The first-order chi connectivity index (χ1) is 13.8. The number of amides is 2. The zero-order chi connectivity index (χ0) is 21.1. The van der Waals surface area contributed by atoms with E-state index in [1.54, 1.807) is 19.1 Å². The number of anilines is 1. The van der Waals surface area contributed by atoms with Gasteiger partial charge in [0.15, 0.2) is 17.5 Å². The Morgan fingerprint density at radius 1 is 1.17 bits per heavy atom. The highest BCUT2D eigenvalue weighted by molar-refractivity contribution is 6.09. The predicted octanol–water partition coefficient (Wildman–Crippen LogP) is 3.10. The number of quaternary nitrogens is 1. The molecule has 0 spiro atoms. The molecule has 152 valence electrons. The highest BCUT2D eigenvalue weighted by Gasteiger charge is 2.30. The van der Waals surface area contributed by atoms with Crippen LogP contribution in [0, 0.1) is 28.7 Å². The van der Waals surface area contributed by atoms with Gasteiger partial charge < -0.3 is 20.9 Å². The Kier molecular flexibility index (Phi) is 5.97. The number of urea groups is 1. The van der Waals surface area contributed by atoms with E-state index in [2.05, 4.69) is 5.32 Å². The van der Waals surface area contributed by atoms with Gasteiger partial charge in [0.05, 0.1) is 18.2 Å². The molecule has 5 nitrogen and oxygen atoms in total. The van der Waals surface area contributed by atoms with Crippen molar-refractivity contribution in [2.24, 2.45) is 0 Å². The van der Waals surface area contributed by atoms with Crippen LogP contribution in [-0.4, -0.2) is 36.3 Å². The van der Waals surface area contributed by atoms with Crippen LogP contribution in [-0.2, 0) is 0 Å². The van der Waals surface area contributed by atoms with Crippen LogP contribution in [0.25, 0.3) is 5.57 Å². The minimum absolute atomic E-state index is 0.140. The first-order valence-corrected chi connectivity index (χ1v) is 8.85. The van der Waals surface area contributed by atoms with Crippen molar-refractivity contribution in [3.8, 4) is 0 Å². The molecule has 1 fully saturated rings. The van der Waals surface area contributed by atoms with Gasteiger partial charge in [-0.05, 0) is 24.6 Å². The van der Waals surface area contributed by atoms with Crippen LogP contribution in [0.15, 0.2) is 42.1 Å². The van der Waals surface area contributed by atoms with Gasteiger partial charge in [0.1, 0.15) is 18.1 Å². The van der Waals surface area contributed by atoms with Gasteiger partial charge in [-0.2, -0.15) is 0 Å². The van der Waals surface area contributed by atoms with E-state index in [4.69, 9.17) is 5.41 Å². The summed E-state index contributed by atoms with van der Waals surface area (Å²) >= 11 is 0. The van der Waals surface area contributed by atoms with Crippen molar-refractivity contribution in [2.45, 2.75) is 13.0 Å². The van der Waals surface area contributed by atoms with Gasteiger partial charge in [0.2, 0.25) is 0 Å². The van der Waals surface area contributed by atoms with Gasteiger partial charge in [-0.1, -0.05) is 12.1 Å². The lowest BCUT2D eigenvalue weighted by atomic mass is 10.0. The van der Waals surface area contributed by atoms with Crippen molar-refractivity contribution in [3.05, 3.63) is 70.9 Å². The minimum Gasteiger partial charge on any atom is -0.314 e. The van der Waals surface area contributed by atoms with E-state index in [0.29, 0.717) is 35.5 Å². The molecule has 2 amide bonds. The molecular weight excluding hydrogens is 388 g/mol. The molecule has 3 rings (SSSR count). The average Bonchev–Trinajstić information content (AvgIpc) is 2.69. The Hall–Kier alpha value is -3.20. The summed E-state index contributed by atoms with van der Waals surface area (Å²) < 4.78 is 53.1. The summed E-state index contributed by atoms with van der Waals surface area (Å²) in [5, 5.41) is 12.0. The lowest BCUT2D eigenvalue weighted by Gasteiger charge is -2.33. The molecule has 29 heavy (non-hydrogen) atoms. The third-order valence-electron chi connectivity index (χ3n) is 4.72. The average molecular weight is 407 g/mol. The van der Waals surface area contributed by atoms with Crippen LogP contribution in [0.2, 0.25) is 0 Å². The van der Waals surface area contributed by atoms with Gasteiger partial charge in [0, 0.05) is 24.0 Å². The maximum Gasteiger partial charge on any atom is 0.322 e. The number of benzene rings is 2. The molecule has 2 aromatic carbocycles. The Morgan fingerprint density at radius 3 is 2.38 bits per heavy atom. The third-order valence-corrected chi connectivity index (χ3v) is 4.72. The summed E-state index contributed by atoms with van der Waals surface area (Å²) in [6, 6.07) is 6.24. The number of carbonyl (C=O) groups excluding carboxylic acids is 1. The molecule has 9 heteroatoms. The third kappa shape index (κ3) is 4.45. The maximum atomic E-state index is 13.4.